The van der Waals surface area contributed by atoms with Crippen LogP contribution in [0.3, 0.4) is 0 Å². The lowest BCUT2D eigenvalue weighted by molar-refractivity contribution is 0.113. The van der Waals surface area contributed by atoms with Crippen LogP contribution in [0.15, 0.2) is 24.3 Å². The monoisotopic (exact) mass is 245 g/mol. The molecule has 0 radical (unpaired) electrons. The molecule has 2 nitrogen and oxygen atoms in total. The van der Waals surface area contributed by atoms with Crippen LogP contribution in [0.25, 0.3) is 0 Å². The Balaban J connectivity index is 1.75. The van der Waals surface area contributed by atoms with Gasteiger partial charge in [-0.3, -0.25) is 0 Å². The lowest BCUT2D eigenvalue weighted by Crippen LogP contribution is -2.43. The van der Waals surface area contributed by atoms with Crippen molar-refractivity contribution in [1.29, 1.82) is 0 Å². The summed E-state index contributed by atoms with van der Waals surface area (Å²) >= 11 is 0. The maximum absolute atomic E-state index is 9.62. The van der Waals surface area contributed by atoms with Crippen LogP contribution < -0.4 is 5.32 Å². The molecule has 0 aromatic heterocycles. The molecule has 2 heteroatoms. The standard InChI is InChI=1S/C16H23NO/c1-16(11-18)10-4-7-15(16)17-14-9-8-12-5-2-3-6-13(12)14/h2-3,5-6,14-15,17-18H,4,7-11H2,1H3. The number of aliphatic hydroxyl groups excluding tert-OH is 1. The molecule has 18 heavy (non-hydrogen) atoms. The van der Waals surface area contributed by atoms with Crippen LogP contribution in [0.1, 0.15) is 49.8 Å². The van der Waals surface area contributed by atoms with Crippen LogP contribution in [-0.2, 0) is 6.42 Å². The third-order valence-corrected chi connectivity index (χ3v) is 4.98. The molecule has 0 spiro atoms. The number of hydrogen-bond acceptors (Lipinski definition) is 2. The zero-order valence-electron chi connectivity index (χ0n) is 11.2. The van der Waals surface area contributed by atoms with E-state index in [9.17, 15) is 5.11 Å². The zero-order chi connectivity index (χ0) is 12.6. The van der Waals surface area contributed by atoms with Crippen LogP contribution in [-0.4, -0.2) is 17.8 Å². The van der Waals surface area contributed by atoms with Gasteiger partial charge in [-0.05, 0) is 36.8 Å². The van der Waals surface area contributed by atoms with Crippen LogP contribution >= 0.6 is 0 Å². The SMILES string of the molecule is CC1(CO)CCCC1NC1CCc2ccccc21. The summed E-state index contributed by atoms with van der Waals surface area (Å²) in [5.41, 5.74) is 3.06. The van der Waals surface area contributed by atoms with Gasteiger partial charge >= 0.3 is 0 Å². The second kappa shape index (κ2) is 4.67. The summed E-state index contributed by atoms with van der Waals surface area (Å²) < 4.78 is 0. The van der Waals surface area contributed by atoms with Gasteiger partial charge in [0.25, 0.3) is 0 Å². The molecule has 0 bridgehead atoms. The third kappa shape index (κ3) is 1.98. The number of aliphatic hydroxyl groups is 1. The van der Waals surface area contributed by atoms with Crippen LogP contribution in [0.5, 0.6) is 0 Å². The Labute approximate surface area is 109 Å². The Bertz CT molecular complexity index is 431. The molecule has 1 saturated carbocycles. The fraction of sp³-hybridized carbons (Fsp3) is 0.625. The molecule has 98 valence electrons. The van der Waals surface area contributed by atoms with E-state index in [0.717, 1.165) is 6.42 Å². The average molecular weight is 245 g/mol. The molecular formula is C16H23NO. The molecule has 0 amide bonds. The fourth-order valence-corrected chi connectivity index (χ4v) is 3.68. The smallest absolute Gasteiger partial charge is 0.0499 e. The van der Waals surface area contributed by atoms with Crippen molar-refractivity contribution in [1.82, 2.24) is 5.32 Å². The lowest BCUT2D eigenvalue weighted by Gasteiger charge is -2.32. The molecule has 3 atom stereocenters. The van der Waals surface area contributed by atoms with Gasteiger partial charge in [0, 0.05) is 24.1 Å². The predicted molar refractivity (Wildman–Crippen MR) is 73.5 cm³/mol. The molecule has 1 fully saturated rings. The van der Waals surface area contributed by atoms with Gasteiger partial charge in [-0.2, -0.15) is 0 Å². The van der Waals surface area contributed by atoms with Crippen LogP contribution in [0.4, 0.5) is 0 Å². The highest BCUT2D eigenvalue weighted by molar-refractivity contribution is 5.34. The molecule has 1 aromatic carbocycles. The van der Waals surface area contributed by atoms with Crippen molar-refractivity contribution in [3.8, 4) is 0 Å². The zero-order valence-corrected chi connectivity index (χ0v) is 11.2. The van der Waals surface area contributed by atoms with Crippen LogP contribution in [0, 0.1) is 5.41 Å². The fourth-order valence-electron chi connectivity index (χ4n) is 3.68. The maximum Gasteiger partial charge on any atom is 0.0499 e. The Morgan fingerprint density at radius 1 is 1.33 bits per heavy atom. The van der Waals surface area contributed by atoms with E-state index in [1.807, 2.05) is 0 Å². The van der Waals surface area contributed by atoms with Gasteiger partial charge in [0.15, 0.2) is 0 Å². The summed E-state index contributed by atoms with van der Waals surface area (Å²) in [4.78, 5) is 0. The molecule has 3 unspecified atom stereocenters. The molecule has 3 rings (SSSR count). The van der Waals surface area contributed by atoms with Crippen molar-refractivity contribution in [2.45, 2.75) is 51.1 Å². The van der Waals surface area contributed by atoms with Gasteiger partial charge in [0.1, 0.15) is 0 Å². The quantitative estimate of drug-likeness (QED) is 0.858. The molecule has 1 aromatic rings. The van der Waals surface area contributed by atoms with Crippen molar-refractivity contribution in [3.05, 3.63) is 35.4 Å². The Morgan fingerprint density at radius 2 is 2.17 bits per heavy atom. The first-order valence-electron chi connectivity index (χ1n) is 7.18. The van der Waals surface area contributed by atoms with E-state index in [0.29, 0.717) is 18.7 Å². The maximum atomic E-state index is 9.62. The minimum absolute atomic E-state index is 0.0809. The van der Waals surface area contributed by atoms with E-state index >= 15 is 0 Å². The van der Waals surface area contributed by atoms with Crippen molar-refractivity contribution < 1.29 is 5.11 Å². The molecule has 0 saturated heterocycles. The minimum atomic E-state index is 0.0809. The first-order valence-corrected chi connectivity index (χ1v) is 7.18. The van der Waals surface area contributed by atoms with E-state index in [1.54, 1.807) is 0 Å². The van der Waals surface area contributed by atoms with Gasteiger partial charge in [-0.15, -0.1) is 0 Å². The first kappa shape index (κ1) is 12.2. The van der Waals surface area contributed by atoms with Gasteiger partial charge in [0.05, 0.1) is 0 Å². The van der Waals surface area contributed by atoms with E-state index < -0.39 is 0 Å². The summed E-state index contributed by atoms with van der Waals surface area (Å²) in [7, 11) is 0. The number of hydrogen-bond donors (Lipinski definition) is 2. The normalized spacial score (nSPS) is 34.8. The Hall–Kier alpha value is -0.860. The number of aryl methyl sites for hydroxylation is 1. The van der Waals surface area contributed by atoms with Gasteiger partial charge in [-0.1, -0.05) is 37.6 Å². The van der Waals surface area contributed by atoms with Gasteiger partial charge in [-0.25, -0.2) is 0 Å². The molecule has 2 N–H and O–H groups in total. The highest BCUT2D eigenvalue weighted by Gasteiger charge is 2.39. The average Bonchev–Trinajstić information content (AvgIpc) is 2.96. The molecule has 2 aliphatic carbocycles. The van der Waals surface area contributed by atoms with Crippen molar-refractivity contribution in [2.75, 3.05) is 6.61 Å². The topological polar surface area (TPSA) is 32.3 Å². The second-order valence-corrected chi connectivity index (χ2v) is 6.21. The van der Waals surface area contributed by atoms with Crippen LogP contribution in [0.2, 0.25) is 0 Å². The number of benzene rings is 1. The van der Waals surface area contributed by atoms with Crippen molar-refractivity contribution >= 4 is 0 Å². The largest absolute Gasteiger partial charge is 0.396 e. The number of fused-ring (bicyclic) bond motifs is 1. The Morgan fingerprint density at radius 3 is 3.00 bits per heavy atom. The van der Waals surface area contributed by atoms with Crippen molar-refractivity contribution in [3.63, 3.8) is 0 Å². The molecular weight excluding hydrogens is 222 g/mol. The van der Waals surface area contributed by atoms with Gasteiger partial charge in [0.2, 0.25) is 0 Å². The third-order valence-electron chi connectivity index (χ3n) is 4.98. The summed E-state index contributed by atoms with van der Waals surface area (Å²) in [6.07, 6.45) is 5.99. The highest BCUT2D eigenvalue weighted by atomic mass is 16.3. The predicted octanol–water partition coefficient (Wildman–Crippen LogP) is 2.81. The summed E-state index contributed by atoms with van der Waals surface area (Å²) in [6.45, 7) is 2.53. The van der Waals surface area contributed by atoms with E-state index in [1.165, 1.54) is 36.8 Å². The number of nitrogens with one attached hydrogen (secondary N) is 1. The summed E-state index contributed by atoms with van der Waals surface area (Å²) in [6, 6.07) is 9.74. The minimum Gasteiger partial charge on any atom is -0.396 e. The summed E-state index contributed by atoms with van der Waals surface area (Å²) in [5.74, 6) is 0. The molecule has 0 aliphatic heterocycles. The highest BCUT2D eigenvalue weighted by Crippen LogP contribution is 2.40. The van der Waals surface area contributed by atoms with Crippen molar-refractivity contribution in [2.24, 2.45) is 5.41 Å². The molecule has 0 heterocycles. The van der Waals surface area contributed by atoms with E-state index in [4.69, 9.17) is 0 Å². The molecule has 2 aliphatic rings. The lowest BCUT2D eigenvalue weighted by atomic mass is 9.85. The summed E-state index contributed by atoms with van der Waals surface area (Å²) in [5, 5.41) is 13.4. The van der Waals surface area contributed by atoms with E-state index in [-0.39, 0.29) is 5.41 Å². The number of rotatable bonds is 3. The van der Waals surface area contributed by atoms with E-state index in [2.05, 4.69) is 36.5 Å². The first-order chi connectivity index (χ1) is 8.73. The Kier molecular flexibility index (Phi) is 3.16. The second-order valence-electron chi connectivity index (χ2n) is 6.21. The van der Waals surface area contributed by atoms with Gasteiger partial charge < -0.3 is 10.4 Å².